The first-order chi connectivity index (χ1) is 26.9. The number of anilines is 3. The molecule has 1 aromatic heterocycles. The number of nitrogens with zero attached hydrogens (tertiary/aromatic N) is 1. The van der Waals surface area contributed by atoms with Crippen LogP contribution in [0.3, 0.4) is 0 Å². The molecule has 0 fully saturated rings. The predicted octanol–water partition coefficient (Wildman–Crippen LogP) is 14.4. The van der Waals surface area contributed by atoms with Gasteiger partial charge in [0.15, 0.2) is 0 Å². The molecule has 262 valence electrons. The van der Waals surface area contributed by atoms with Gasteiger partial charge in [0, 0.05) is 38.7 Å². The van der Waals surface area contributed by atoms with Crippen molar-refractivity contribution in [2.45, 2.75) is 31.6 Å². The highest BCUT2D eigenvalue weighted by Gasteiger charge is 2.42. The van der Waals surface area contributed by atoms with E-state index in [1.165, 1.54) is 61.2 Å². The van der Waals surface area contributed by atoms with Crippen molar-refractivity contribution < 1.29 is 4.42 Å². The number of benzene rings is 8. The van der Waals surface area contributed by atoms with Crippen molar-refractivity contribution in [3.8, 4) is 33.4 Å². The van der Waals surface area contributed by atoms with Gasteiger partial charge in [-0.2, -0.15) is 0 Å². The fourth-order valence-corrected chi connectivity index (χ4v) is 9.81. The maximum Gasteiger partial charge on any atom is 0.135 e. The smallest absolute Gasteiger partial charge is 0.135 e. The third-order valence-electron chi connectivity index (χ3n) is 12.6. The van der Waals surface area contributed by atoms with Gasteiger partial charge in [0.25, 0.3) is 0 Å². The van der Waals surface area contributed by atoms with Crippen LogP contribution in [0, 0.1) is 0 Å². The minimum Gasteiger partial charge on any atom is -0.456 e. The molecule has 2 nitrogen and oxygen atoms in total. The largest absolute Gasteiger partial charge is 0.456 e. The summed E-state index contributed by atoms with van der Waals surface area (Å²) in [6.07, 6.45) is 0. The minimum atomic E-state index is -0.390. The highest BCUT2D eigenvalue weighted by molar-refractivity contribution is 6.07. The van der Waals surface area contributed by atoms with Gasteiger partial charge in [-0.15, -0.1) is 0 Å². The van der Waals surface area contributed by atoms with Gasteiger partial charge in [0.2, 0.25) is 0 Å². The van der Waals surface area contributed by atoms with Gasteiger partial charge in [0.05, 0.1) is 0 Å². The van der Waals surface area contributed by atoms with Crippen molar-refractivity contribution >= 4 is 39.0 Å². The lowest BCUT2D eigenvalue weighted by Crippen LogP contribution is -2.23. The minimum absolute atomic E-state index is 0.0892. The number of para-hydroxylation sites is 2. The Morgan fingerprint density at radius 1 is 0.364 bits per heavy atom. The maximum absolute atomic E-state index is 6.57. The van der Waals surface area contributed by atoms with E-state index in [9.17, 15) is 0 Å². The molecule has 9 aromatic rings. The number of furan rings is 1. The second-order valence-corrected chi connectivity index (χ2v) is 15.8. The Morgan fingerprint density at radius 2 is 0.909 bits per heavy atom. The molecule has 0 radical (unpaired) electrons. The van der Waals surface area contributed by atoms with Gasteiger partial charge in [0.1, 0.15) is 11.2 Å². The third kappa shape index (κ3) is 4.55. The summed E-state index contributed by atoms with van der Waals surface area (Å²) in [4.78, 5) is 2.39. The topological polar surface area (TPSA) is 16.4 Å². The van der Waals surface area contributed by atoms with E-state index in [0.29, 0.717) is 0 Å². The van der Waals surface area contributed by atoms with E-state index in [0.717, 1.165) is 39.0 Å². The summed E-state index contributed by atoms with van der Waals surface area (Å²) in [7, 11) is 0. The van der Waals surface area contributed by atoms with Gasteiger partial charge >= 0.3 is 0 Å². The van der Waals surface area contributed by atoms with Crippen LogP contribution in [-0.2, 0) is 10.8 Å². The van der Waals surface area contributed by atoms with Crippen LogP contribution in [0.15, 0.2) is 186 Å². The average molecular weight is 706 g/mol. The highest BCUT2D eigenvalue weighted by atomic mass is 16.3. The van der Waals surface area contributed by atoms with Crippen LogP contribution in [0.2, 0.25) is 0 Å². The van der Waals surface area contributed by atoms with Crippen LogP contribution in [-0.4, -0.2) is 0 Å². The van der Waals surface area contributed by atoms with Crippen LogP contribution in [0.1, 0.15) is 48.6 Å². The Morgan fingerprint density at radius 3 is 1.62 bits per heavy atom. The van der Waals surface area contributed by atoms with Crippen molar-refractivity contribution in [1.29, 1.82) is 0 Å². The lowest BCUT2D eigenvalue weighted by atomic mass is 9.71. The predicted molar refractivity (Wildman–Crippen MR) is 229 cm³/mol. The summed E-state index contributed by atoms with van der Waals surface area (Å²) in [5.41, 5.74) is 19.0. The van der Waals surface area contributed by atoms with E-state index in [1.807, 2.05) is 0 Å². The van der Waals surface area contributed by atoms with E-state index in [4.69, 9.17) is 4.42 Å². The fraction of sp³-hybridized carbons (Fsp3) is 0.0943. The molecule has 0 saturated carbocycles. The summed E-state index contributed by atoms with van der Waals surface area (Å²) >= 11 is 0. The van der Waals surface area contributed by atoms with Crippen molar-refractivity contribution in [2.24, 2.45) is 0 Å². The van der Waals surface area contributed by atoms with Crippen molar-refractivity contribution in [1.82, 2.24) is 0 Å². The molecule has 2 heteroatoms. The van der Waals surface area contributed by atoms with Crippen molar-refractivity contribution in [2.75, 3.05) is 4.90 Å². The lowest BCUT2D eigenvalue weighted by Gasteiger charge is -2.31. The third-order valence-corrected chi connectivity index (χ3v) is 12.6. The van der Waals surface area contributed by atoms with Gasteiger partial charge < -0.3 is 9.32 Å². The molecule has 0 amide bonds. The zero-order valence-corrected chi connectivity index (χ0v) is 31.2. The molecular weight excluding hydrogens is 667 g/mol. The molecule has 11 rings (SSSR count). The van der Waals surface area contributed by atoms with E-state index in [2.05, 4.69) is 208 Å². The molecule has 0 aliphatic heterocycles. The molecule has 0 atom stereocenters. The first-order valence-corrected chi connectivity index (χ1v) is 19.3. The first-order valence-electron chi connectivity index (χ1n) is 19.3. The average Bonchev–Trinajstić information content (AvgIpc) is 3.81. The number of rotatable bonds is 5. The summed E-state index contributed by atoms with van der Waals surface area (Å²) in [6, 6.07) is 66.7. The Bertz CT molecular complexity index is 2920. The van der Waals surface area contributed by atoms with Gasteiger partial charge in [-0.3, -0.25) is 0 Å². The van der Waals surface area contributed by atoms with E-state index in [1.54, 1.807) is 0 Å². The Balaban J connectivity index is 1.09. The van der Waals surface area contributed by atoms with Crippen LogP contribution >= 0.6 is 0 Å². The second-order valence-electron chi connectivity index (χ2n) is 15.8. The lowest BCUT2D eigenvalue weighted by molar-refractivity contribution is 0.660. The molecule has 0 spiro atoms. The SMILES string of the molecule is CC1(C)c2ccccc2-c2ccc(N(c3ccccc3)c3ccc(-c4cc5c(cc4C4(C)c6ccccc6-c6ccccc64)oc4ccccc45)cc3)cc21. The zero-order chi connectivity index (χ0) is 36.9. The first kappa shape index (κ1) is 31.8. The highest BCUT2D eigenvalue weighted by Crippen LogP contribution is 2.55. The fourth-order valence-electron chi connectivity index (χ4n) is 9.81. The number of fused-ring (bicyclic) bond motifs is 9. The van der Waals surface area contributed by atoms with Crippen molar-refractivity contribution in [3.05, 3.63) is 210 Å². The maximum atomic E-state index is 6.57. The van der Waals surface area contributed by atoms with Crippen LogP contribution in [0.25, 0.3) is 55.3 Å². The van der Waals surface area contributed by atoms with E-state index in [-0.39, 0.29) is 10.8 Å². The van der Waals surface area contributed by atoms with Gasteiger partial charge in [-0.25, -0.2) is 0 Å². The van der Waals surface area contributed by atoms with Crippen LogP contribution < -0.4 is 4.90 Å². The molecule has 2 aliphatic rings. The van der Waals surface area contributed by atoms with E-state index < -0.39 is 0 Å². The molecule has 8 aromatic carbocycles. The van der Waals surface area contributed by atoms with E-state index >= 15 is 0 Å². The van der Waals surface area contributed by atoms with Crippen molar-refractivity contribution in [3.63, 3.8) is 0 Å². The Hall–Kier alpha value is -6.64. The van der Waals surface area contributed by atoms with Gasteiger partial charge in [-0.05, 0) is 123 Å². The second kappa shape index (κ2) is 11.7. The molecule has 0 unspecified atom stereocenters. The summed E-state index contributed by atoms with van der Waals surface area (Å²) in [5.74, 6) is 0. The number of hydrogen-bond acceptors (Lipinski definition) is 2. The quantitative estimate of drug-likeness (QED) is 0.177. The van der Waals surface area contributed by atoms with Crippen LogP contribution in [0.5, 0.6) is 0 Å². The Kier molecular flexibility index (Phi) is 6.76. The number of hydrogen-bond donors (Lipinski definition) is 0. The molecular formula is C53H39NO. The standard InChI is InChI=1S/C53H39NO/c1-52(2)45-21-11-7-17-38(45)41-30-29-37(31-48(41)52)54(35-15-5-4-6-16-35)36-27-25-34(26-28-36)43-32-44-42-20-10-14-24-50(42)55-51(44)33-49(43)53(3)46-22-12-8-18-39(46)40-19-9-13-23-47(40)53/h4-33H,1-3H3. The Labute approximate surface area is 322 Å². The zero-order valence-electron chi connectivity index (χ0n) is 31.2. The molecule has 0 bridgehead atoms. The summed E-state index contributed by atoms with van der Waals surface area (Å²) in [6.45, 7) is 7.09. The molecule has 0 saturated heterocycles. The molecule has 1 heterocycles. The molecule has 2 aliphatic carbocycles. The monoisotopic (exact) mass is 705 g/mol. The summed E-state index contributed by atoms with van der Waals surface area (Å²) in [5, 5.41) is 2.27. The van der Waals surface area contributed by atoms with Gasteiger partial charge in [-0.1, -0.05) is 141 Å². The van der Waals surface area contributed by atoms with Crippen LogP contribution in [0.4, 0.5) is 17.1 Å². The summed E-state index contributed by atoms with van der Waals surface area (Å²) < 4.78 is 6.57. The molecule has 0 N–H and O–H groups in total. The molecule has 55 heavy (non-hydrogen) atoms. The normalized spacial score (nSPS) is 14.4.